The van der Waals surface area contributed by atoms with Crippen LogP contribution in [0.15, 0.2) is 24.3 Å². The monoisotopic (exact) mass is 396 g/mol. The van der Waals surface area contributed by atoms with Crippen molar-refractivity contribution < 1.29 is 4.79 Å². The summed E-state index contributed by atoms with van der Waals surface area (Å²) in [6.07, 6.45) is 8.12. The second kappa shape index (κ2) is 11.2. The zero-order valence-corrected chi connectivity index (χ0v) is 17.9. The summed E-state index contributed by atoms with van der Waals surface area (Å²) < 4.78 is 0. The van der Waals surface area contributed by atoms with E-state index in [9.17, 15) is 4.79 Å². The van der Waals surface area contributed by atoms with Gasteiger partial charge in [-0.3, -0.25) is 9.69 Å². The molecule has 1 saturated heterocycles. The topological polar surface area (TPSA) is 59.4 Å². The maximum Gasteiger partial charge on any atom is 0.234 e. The lowest BCUT2D eigenvalue weighted by atomic mass is 9.84. The molecule has 0 atom stereocenters. The number of rotatable bonds is 8. The van der Waals surface area contributed by atoms with E-state index in [2.05, 4.69) is 46.3 Å². The van der Waals surface area contributed by atoms with Crippen LogP contribution >= 0.6 is 0 Å². The Morgan fingerprint density at radius 3 is 2.62 bits per heavy atom. The predicted octanol–water partition coefficient (Wildman–Crippen LogP) is 3.74. The van der Waals surface area contributed by atoms with Crippen molar-refractivity contribution in [2.24, 2.45) is 5.92 Å². The molecule has 1 aromatic carbocycles. The van der Waals surface area contributed by atoms with Gasteiger partial charge >= 0.3 is 0 Å². The molecule has 1 saturated carbocycles. The zero-order chi connectivity index (χ0) is 20.5. The maximum absolute atomic E-state index is 11.6. The van der Waals surface area contributed by atoms with Gasteiger partial charge in [-0.15, -0.1) is 0 Å². The van der Waals surface area contributed by atoms with Crippen LogP contribution in [0.1, 0.15) is 57.4 Å². The van der Waals surface area contributed by atoms with Crippen molar-refractivity contribution in [2.45, 2.75) is 64.3 Å². The molecular weight excluding hydrogens is 360 g/mol. The minimum absolute atomic E-state index is 0.0190. The number of carbonyl (C=O) groups excluding carboxylic acids is 1. The Hall–Kier alpha value is -2.06. The number of amides is 1. The van der Waals surface area contributed by atoms with Gasteiger partial charge in [0.15, 0.2) is 0 Å². The summed E-state index contributed by atoms with van der Waals surface area (Å²) in [4.78, 5) is 16.7. The van der Waals surface area contributed by atoms with E-state index >= 15 is 0 Å². The summed E-state index contributed by atoms with van der Waals surface area (Å²) in [5, 5.41) is 11.6. The number of anilines is 1. The number of nitriles is 1. The lowest BCUT2D eigenvalue weighted by Crippen LogP contribution is -2.47. The third-order valence-corrected chi connectivity index (χ3v) is 6.49. The fraction of sp³-hybridized carbons (Fsp3) is 0.667. The van der Waals surface area contributed by atoms with Crippen molar-refractivity contribution >= 4 is 11.6 Å². The SMILES string of the molecule is CCCc1cccc(N2CCN(CC[C@H]3CC[C@H](NC(=O)CC#N)CC3)CC2)c1. The van der Waals surface area contributed by atoms with Crippen LogP contribution in [-0.4, -0.2) is 49.6 Å². The number of benzene rings is 1. The molecule has 1 aliphatic heterocycles. The molecule has 0 aromatic heterocycles. The van der Waals surface area contributed by atoms with Gasteiger partial charge in [0.25, 0.3) is 0 Å². The molecule has 1 heterocycles. The van der Waals surface area contributed by atoms with Gasteiger partial charge in [-0.1, -0.05) is 25.5 Å². The van der Waals surface area contributed by atoms with E-state index < -0.39 is 0 Å². The summed E-state index contributed by atoms with van der Waals surface area (Å²) in [6.45, 7) is 7.97. The Bertz CT molecular complexity index is 682. The van der Waals surface area contributed by atoms with Crippen molar-refractivity contribution in [1.29, 1.82) is 5.26 Å². The molecule has 0 spiro atoms. The summed E-state index contributed by atoms with van der Waals surface area (Å²) in [7, 11) is 0. The highest BCUT2D eigenvalue weighted by Crippen LogP contribution is 2.27. The molecule has 2 aliphatic rings. The van der Waals surface area contributed by atoms with Gasteiger partial charge in [0.1, 0.15) is 6.42 Å². The smallest absolute Gasteiger partial charge is 0.234 e. The highest BCUT2D eigenvalue weighted by atomic mass is 16.1. The molecule has 2 fully saturated rings. The van der Waals surface area contributed by atoms with E-state index in [4.69, 9.17) is 5.26 Å². The molecule has 1 N–H and O–H groups in total. The molecular formula is C24H36N4O. The van der Waals surface area contributed by atoms with Gasteiger partial charge in [0.2, 0.25) is 5.91 Å². The van der Waals surface area contributed by atoms with Crippen molar-refractivity contribution in [3.05, 3.63) is 29.8 Å². The van der Waals surface area contributed by atoms with Crippen molar-refractivity contribution in [1.82, 2.24) is 10.2 Å². The van der Waals surface area contributed by atoms with Crippen LogP contribution in [0.2, 0.25) is 0 Å². The standard InChI is InChI=1S/C24H36N4O/c1-2-4-21-5-3-6-23(19-21)28-17-15-27(16-18-28)14-12-20-7-9-22(10-8-20)26-24(29)11-13-25/h3,5-6,19-20,22H,2,4,7-12,14-18H2,1H3,(H,26,29)/t20-,22-. The maximum atomic E-state index is 11.6. The molecule has 1 amide bonds. The van der Waals surface area contributed by atoms with Gasteiger partial charge in [-0.25, -0.2) is 0 Å². The molecule has 1 aromatic rings. The van der Waals surface area contributed by atoms with Gasteiger partial charge in [0, 0.05) is 37.9 Å². The number of piperazine rings is 1. The molecule has 5 nitrogen and oxygen atoms in total. The third-order valence-electron chi connectivity index (χ3n) is 6.49. The lowest BCUT2D eigenvalue weighted by molar-refractivity contribution is -0.121. The van der Waals surface area contributed by atoms with E-state index in [1.165, 1.54) is 43.5 Å². The Morgan fingerprint density at radius 1 is 1.17 bits per heavy atom. The van der Waals surface area contributed by atoms with E-state index in [-0.39, 0.29) is 18.4 Å². The molecule has 3 rings (SSSR count). The number of hydrogen-bond acceptors (Lipinski definition) is 4. The average Bonchev–Trinajstić information content (AvgIpc) is 2.74. The Labute approximate surface area is 176 Å². The van der Waals surface area contributed by atoms with Crippen LogP contribution in [0.4, 0.5) is 5.69 Å². The predicted molar refractivity (Wildman–Crippen MR) is 118 cm³/mol. The first kappa shape index (κ1) is 21.6. The number of nitrogens with one attached hydrogen (secondary N) is 1. The molecule has 29 heavy (non-hydrogen) atoms. The lowest BCUT2D eigenvalue weighted by Gasteiger charge is -2.37. The molecule has 0 unspecified atom stereocenters. The van der Waals surface area contributed by atoms with Crippen molar-refractivity contribution in [2.75, 3.05) is 37.6 Å². The molecule has 0 radical (unpaired) electrons. The van der Waals surface area contributed by atoms with Gasteiger partial charge in [-0.05, 0) is 68.7 Å². The summed E-state index contributed by atoms with van der Waals surface area (Å²) in [5.74, 6) is 0.664. The fourth-order valence-corrected chi connectivity index (χ4v) is 4.74. The van der Waals surface area contributed by atoms with Crippen LogP contribution in [0, 0.1) is 17.2 Å². The second-order valence-electron chi connectivity index (χ2n) is 8.66. The first-order valence-electron chi connectivity index (χ1n) is 11.4. The van der Waals surface area contributed by atoms with Crippen LogP contribution in [0.25, 0.3) is 0 Å². The van der Waals surface area contributed by atoms with Crippen molar-refractivity contribution in [3.63, 3.8) is 0 Å². The quantitative estimate of drug-likeness (QED) is 0.727. The normalized spacial score (nSPS) is 22.8. The first-order chi connectivity index (χ1) is 14.2. The van der Waals surface area contributed by atoms with Gasteiger partial charge < -0.3 is 10.2 Å². The summed E-state index contributed by atoms with van der Waals surface area (Å²) >= 11 is 0. The van der Waals surface area contributed by atoms with Crippen LogP contribution < -0.4 is 10.2 Å². The average molecular weight is 397 g/mol. The minimum atomic E-state index is -0.117. The zero-order valence-electron chi connectivity index (χ0n) is 17.9. The molecule has 5 heteroatoms. The van der Waals surface area contributed by atoms with E-state index in [1.807, 2.05) is 6.07 Å². The molecule has 0 bridgehead atoms. The van der Waals surface area contributed by atoms with Gasteiger partial charge in [0.05, 0.1) is 6.07 Å². The minimum Gasteiger partial charge on any atom is -0.369 e. The largest absolute Gasteiger partial charge is 0.369 e. The summed E-state index contributed by atoms with van der Waals surface area (Å²) in [5.41, 5.74) is 2.83. The van der Waals surface area contributed by atoms with Crippen LogP contribution in [-0.2, 0) is 11.2 Å². The molecule has 1 aliphatic carbocycles. The number of nitrogens with zero attached hydrogens (tertiary/aromatic N) is 3. The van der Waals surface area contributed by atoms with Crippen LogP contribution in [0.3, 0.4) is 0 Å². The highest BCUT2D eigenvalue weighted by molar-refractivity contribution is 5.78. The Kier molecular flexibility index (Phi) is 8.37. The van der Waals surface area contributed by atoms with Crippen molar-refractivity contribution in [3.8, 4) is 6.07 Å². The first-order valence-corrected chi connectivity index (χ1v) is 11.4. The molecule has 158 valence electrons. The highest BCUT2D eigenvalue weighted by Gasteiger charge is 2.24. The van der Waals surface area contributed by atoms with Gasteiger partial charge in [-0.2, -0.15) is 5.26 Å². The number of aryl methyl sites for hydroxylation is 1. The van der Waals surface area contributed by atoms with Crippen LogP contribution in [0.5, 0.6) is 0 Å². The van der Waals surface area contributed by atoms with E-state index in [0.717, 1.165) is 51.4 Å². The number of carbonyl (C=O) groups is 1. The Balaban J connectivity index is 1.34. The second-order valence-corrected chi connectivity index (χ2v) is 8.66. The van der Waals surface area contributed by atoms with E-state index in [0.29, 0.717) is 0 Å². The fourth-order valence-electron chi connectivity index (χ4n) is 4.74. The Morgan fingerprint density at radius 2 is 1.93 bits per heavy atom. The number of hydrogen-bond donors (Lipinski definition) is 1. The third kappa shape index (κ3) is 6.75. The van der Waals surface area contributed by atoms with E-state index in [1.54, 1.807) is 0 Å². The summed E-state index contributed by atoms with van der Waals surface area (Å²) in [6, 6.07) is 11.3.